The Morgan fingerprint density at radius 2 is 1.91 bits per heavy atom. The highest BCUT2D eigenvalue weighted by Gasteiger charge is 2.10. The third-order valence-electron chi connectivity index (χ3n) is 2.90. The van der Waals surface area contributed by atoms with Crippen LogP contribution in [0.15, 0.2) is 53.4 Å². The second kappa shape index (κ2) is 6.59. The number of hydrogen-bond donors (Lipinski definition) is 2. The molecule has 6 nitrogen and oxygen atoms in total. The Hall–Kier alpha value is -2.38. The molecule has 7 heteroatoms. The van der Waals surface area contributed by atoms with Crippen molar-refractivity contribution in [2.45, 2.75) is 11.8 Å². The predicted octanol–water partition coefficient (Wildman–Crippen LogP) is 1.66. The molecule has 0 bridgehead atoms. The van der Waals surface area contributed by atoms with Crippen LogP contribution >= 0.6 is 0 Å². The third-order valence-corrected chi connectivity index (χ3v) is 3.81. The number of carbonyl (C=O) groups excluding carboxylic acids is 1. The molecule has 0 aliphatic rings. The number of sulfonamides is 1. The number of ether oxygens (including phenoxy) is 1. The molecule has 0 aliphatic heterocycles. The summed E-state index contributed by atoms with van der Waals surface area (Å²) in [6, 6.07) is 13.1. The first-order valence-corrected chi connectivity index (χ1v) is 8.02. The van der Waals surface area contributed by atoms with Crippen molar-refractivity contribution in [2.75, 3.05) is 11.9 Å². The fourth-order valence-corrected chi connectivity index (χ4v) is 2.37. The average Bonchev–Trinajstić information content (AvgIpc) is 2.46. The molecule has 0 heterocycles. The van der Waals surface area contributed by atoms with Crippen molar-refractivity contribution in [1.29, 1.82) is 0 Å². The van der Waals surface area contributed by atoms with E-state index < -0.39 is 15.9 Å². The zero-order valence-electron chi connectivity index (χ0n) is 11.9. The van der Waals surface area contributed by atoms with E-state index in [-0.39, 0.29) is 11.5 Å². The lowest BCUT2D eigenvalue weighted by atomic mass is 10.2. The number of primary sulfonamides is 1. The number of para-hydroxylation sites is 1. The number of carbonyl (C=O) groups is 1. The van der Waals surface area contributed by atoms with Crippen LogP contribution in [0.4, 0.5) is 5.69 Å². The van der Waals surface area contributed by atoms with Crippen LogP contribution in [0.2, 0.25) is 0 Å². The van der Waals surface area contributed by atoms with Gasteiger partial charge in [-0.1, -0.05) is 24.3 Å². The van der Waals surface area contributed by atoms with Crippen LogP contribution in [0.5, 0.6) is 5.75 Å². The molecular weight excluding hydrogens is 304 g/mol. The molecule has 3 N–H and O–H groups in total. The molecule has 0 saturated carbocycles. The number of hydrogen-bond acceptors (Lipinski definition) is 4. The number of rotatable bonds is 5. The molecule has 0 fully saturated rings. The molecule has 1 amide bonds. The van der Waals surface area contributed by atoms with Crippen molar-refractivity contribution in [3.8, 4) is 5.75 Å². The van der Waals surface area contributed by atoms with Crippen molar-refractivity contribution < 1.29 is 17.9 Å². The van der Waals surface area contributed by atoms with E-state index in [1.165, 1.54) is 18.2 Å². The number of benzene rings is 2. The number of aryl methyl sites for hydroxylation is 1. The van der Waals surface area contributed by atoms with Gasteiger partial charge in [-0.05, 0) is 36.8 Å². The lowest BCUT2D eigenvalue weighted by molar-refractivity contribution is -0.118. The average molecular weight is 320 g/mol. The molecule has 2 rings (SSSR count). The third kappa shape index (κ3) is 4.31. The fourth-order valence-electron chi connectivity index (χ4n) is 1.81. The molecule has 0 unspecified atom stereocenters. The van der Waals surface area contributed by atoms with E-state index in [4.69, 9.17) is 9.88 Å². The second-order valence-corrected chi connectivity index (χ2v) is 6.24. The van der Waals surface area contributed by atoms with Gasteiger partial charge in [0, 0.05) is 5.69 Å². The van der Waals surface area contributed by atoms with Crippen molar-refractivity contribution >= 4 is 21.6 Å². The molecule has 0 aliphatic carbocycles. The SMILES string of the molecule is Cc1ccccc1OCC(=O)Nc1cccc(S(N)(=O)=O)c1. The highest BCUT2D eigenvalue weighted by Crippen LogP contribution is 2.17. The lowest BCUT2D eigenvalue weighted by Crippen LogP contribution is -2.21. The number of nitrogens with one attached hydrogen (secondary N) is 1. The van der Waals surface area contributed by atoms with Gasteiger partial charge in [0.2, 0.25) is 10.0 Å². The minimum Gasteiger partial charge on any atom is -0.483 e. The summed E-state index contributed by atoms with van der Waals surface area (Å²) >= 11 is 0. The van der Waals surface area contributed by atoms with Gasteiger partial charge in [0.1, 0.15) is 5.75 Å². The van der Waals surface area contributed by atoms with Gasteiger partial charge >= 0.3 is 0 Å². The Bertz CT molecular complexity index is 788. The first-order chi connectivity index (χ1) is 10.4. The van der Waals surface area contributed by atoms with Crippen molar-refractivity contribution in [3.05, 3.63) is 54.1 Å². The van der Waals surface area contributed by atoms with Crippen molar-refractivity contribution in [1.82, 2.24) is 0 Å². The van der Waals surface area contributed by atoms with Crippen LogP contribution in [-0.2, 0) is 14.8 Å². The Balaban J connectivity index is 2.00. The topological polar surface area (TPSA) is 98.5 Å². The first-order valence-electron chi connectivity index (χ1n) is 6.47. The van der Waals surface area contributed by atoms with Crippen LogP contribution in [0.25, 0.3) is 0 Å². The van der Waals surface area contributed by atoms with E-state index in [0.29, 0.717) is 11.4 Å². The van der Waals surface area contributed by atoms with Gasteiger partial charge in [-0.3, -0.25) is 4.79 Å². The summed E-state index contributed by atoms with van der Waals surface area (Å²) in [4.78, 5) is 11.8. The summed E-state index contributed by atoms with van der Waals surface area (Å²) < 4.78 is 27.9. The minimum absolute atomic E-state index is 0.0647. The maximum atomic E-state index is 11.8. The van der Waals surface area contributed by atoms with Gasteiger partial charge in [0.15, 0.2) is 6.61 Å². The number of amides is 1. The highest BCUT2D eigenvalue weighted by atomic mass is 32.2. The van der Waals surface area contributed by atoms with Crippen LogP contribution in [0, 0.1) is 6.92 Å². The maximum absolute atomic E-state index is 11.8. The molecule has 0 atom stereocenters. The van der Waals surface area contributed by atoms with E-state index in [0.717, 1.165) is 5.56 Å². The van der Waals surface area contributed by atoms with Gasteiger partial charge < -0.3 is 10.1 Å². The largest absolute Gasteiger partial charge is 0.483 e. The van der Waals surface area contributed by atoms with Gasteiger partial charge in [0.05, 0.1) is 4.90 Å². The van der Waals surface area contributed by atoms with E-state index in [1.54, 1.807) is 12.1 Å². The van der Waals surface area contributed by atoms with Crippen LogP contribution in [0.1, 0.15) is 5.56 Å². The number of anilines is 1. The monoisotopic (exact) mass is 320 g/mol. The van der Waals surface area contributed by atoms with Crippen LogP contribution < -0.4 is 15.2 Å². The van der Waals surface area contributed by atoms with E-state index >= 15 is 0 Å². The molecule has 0 spiro atoms. The van der Waals surface area contributed by atoms with E-state index in [1.807, 2.05) is 25.1 Å². The Morgan fingerprint density at radius 1 is 1.18 bits per heavy atom. The smallest absolute Gasteiger partial charge is 0.262 e. The zero-order valence-corrected chi connectivity index (χ0v) is 12.8. The Morgan fingerprint density at radius 3 is 2.59 bits per heavy atom. The van der Waals surface area contributed by atoms with Gasteiger partial charge in [-0.2, -0.15) is 0 Å². The summed E-state index contributed by atoms with van der Waals surface area (Å²) in [7, 11) is -3.80. The molecular formula is C15H16N2O4S. The first kappa shape index (κ1) is 16.0. The molecule has 0 saturated heterocycles. The highest BCUT2D eigenvalue weighted by molar-refractivity contribution is 7.89. The zero-order chi connectivity index (χ0) is 16.2. The molecule has 2 aromatic carbocycles. The second-order valence-electron chi connectivity index (χ2n) is 4.68. The standard InChI is InChI=1S/C15H16N2O4S/c1-11-5-2-3-8-14(11)21-10-15(18)17-12-6-4-7-13(9-12)22(16,19)20/h2-9H,10H2,1H3,(H,17,18)(H2,16,19,20). The van der Waals surface area contributed by atoms with E-state index in [9.17, 15) is 13.2 Å². The van der Waals surface area contributed by atoms with Gasteiger partial charge in [-0.15, -0.1) is 0 Å². The van der Waals surface area contributed by atoms with Gasteiger partial charge in [0.25, 0.3) is 5.91 Å². The van der Waals surface area contributed by atoms with E-state index in [2.05, 4.69) is 5.32 Å². The summed E-state index contributed by atoms with van der Waals surface area (Å²) in [5, 5.41) is 7.60. The van der Waals surface area contributed by atoms with Gasteiger partial charge in [-0.25, -0.2) is 13.6 Å². The maximum Gasteiger partial charge on any atom is 0.262 e. The van der Waals surface area contributed by atoms with Crippen LogP contribution in [0.3, 0.4) is 0 Å². The predicted molar refractivity (Wildman–Crippen MR) is 83.1 cm³/mol. The Kier molecular flexibility index (Phi) is 4.79. The summed E-state index contributed by atoms with van der Waals surface area (Å²) in [5.74, 6) is 0.228. The molecule has 116 valence electrons. The molecule has 2 aromatic rings. The molecule has 0 radical (unpaired) electrons. The van der Waals surface area contributed by atoms with Crippen molar-refractivity contribution in [2.24, 2.45) is 5.14 Å². The number of nitrogens with two attached hydrogens (primary N) is 1. The quantitative estimate of drug-likeness (QED) is 0.875. The Labute approximate surface area is 129 Å². The fraction of sp³-hybridized carbons (Fsp3) is 0.133. The molecule has 0 aromatic heterocycles. The van der Waals surface area contributed by atoms with Crippen LogP contribution in [-0.4, -0.2) is 20.9 Å². The normalized spacial score (nSPS) is 11.0. The lowest BCUT2D eigenvalue weighted by Gasteiger charge is -2.10. The van der Waals surface area contributed by atoms with Crippen molar-refractivity contribution in [3.63, 3.8) is 0 Å². The summed E-state index contributed by atoms with van der Waals surface area (Å²) in [6.45, 7) is 1.70. The minimum atomic E-state index is -3.80. The molecule has 22 heavy (non-hydrogen) atoms. The summed E-state index contributed by atoms with van der Waals surface area (Å²) in [6.07, 6.45) is 0. The summed E-state index contributed by atoms with van der Waals surface area (Å²) in [5.41, 5.74) is 1.26.